The van der Waals surface area contributed by atoms with Crippen LogP contribution in [-0.4, -0.2) is 4.98 Å². The average molecular weight is 178 g/mol. The second kappa shape index (κ2) is 2.52. The molecule has 5 heteroatoms. The van der Waals surface area contributed by atoms with Crippen LogP contribution in [-0.2, 0) is 0 Å². The highest BCUT2D eigenvalue weighted by molar-refractivity contribution is 6.35. The minimum absolute atomic E-state index is 0.180. The van der Waals surface area contributed by atoms with Crippen LogP contribution in [0.2, 0.25) is 10.3 Å². The molecule has 0 amide bonds. The summed E-state index contributed by atoms with van der Waals surface area (Å²) in [6, 6.07) is 1.47. The number of pyridine rings is 1. The van der Waals surface area contributed by atoms with Gasteiger partial charge in [-0.2, -0.15) is 0 Å². The summed E-state index contributed by atoms with van der Waals surface area (Å²) in [5.74, 6) is 0. The molecule has 4 N–H and O–H groups in total. The van der Waals surface area contributed by atoms with Gasteiger partial charge in [-0.15, -0.1) is 0 Å². The molecule has 0 atom stereocenters. The van der Waals surface area contributed by atoms with Crippen molar-refractivity contribution in [2.75, 3.05) is 11.5 Å². The van der Waals surface area contributed by atoms with E-state index in [9.17, 15) is 0 Å². The van der Waals surface area contributed by atoms with Gasteiger partial charge in [-0.1, -0.05) is 23.2 Å². The Morgan fingerprint density at radius 1 is 1.10 bits per heavy atom. The third-order valence-electron chi connectivity index (χ3n) is 0.984. The highest BCUT2D eigenvalue weighted by atomic mass is 35.5. The Morgan fingerprint density at radius 3 is 1.80 bits per heavy atom. The lowest BCUT2D eigenvalue weighted by molar-refractivity contribution is 1.33. The Hall–Kier alpha value is -0.670. The van der Waals surface area contributed by atoms with E-state index in [2.05, 4.69) is 4.98 Å². The smallest absolute Gasteiger partial charge is 0.153 e. The third-order valence-corrected chi connectivity index (χ3v) is 1.59. The Morgan fingerprint density at radius 2 is 1.50 bits per heavy atom. The molecule has 0 aliphatic rings. The predicted molar refractivity (Wildman–Crippen MR) is 43.1 cm³/mol. The molecule has 0 saturated carbocycles. The topological polar surface area (TPSA) is 64.9 Å². The van der Waals surface area contributed by atoms with Crippen molar-refractivity contribution in [2.45, 2.75) is 0 Å². The molecule has 0 saturated heterocycles. The fourth-order valence-electron chi connectivity index (χ4n) is 0.502. The first-order valence-corrected chi connectivity index (χ1v) is 3.24. The van der Waals surface area contributed by atoms with Gasteiger partial charge in [-0.05, 0) is 6.07 Å². The molecule has 0 aliphatic heterocycles. The highest BCUT2D eigenvalue weighted by Gasteiger charge is 2.01. The number of aromatic nitrogens is 1. The zero-order valence-corrected chi connectivity index (χ0v) is 6.45. The van der Waals surface area contributed by atoms with Crippen LogP contribution >= 0.6 is 23.2 Å². The van der Waals surface area contributed by atoms with E-state index in [-0.39, 0.29) is 10.3 Å². The van der Waals surface area contributed by atoms with E-state index in [1.807, 2.05) is 0 Å². The fourth-order valence-corrected chi connectivity index (χ4v) is 0.823. The van der Waals surface area contributed by atoms with Crippen molar-refractivity contribution in [2.24, 2.45) is 0 Å². The minimum atomic E-state index is 0.180. The van der Waals surface area contributed by atoms with Crippen LogP contribution in [0.15, 0.2) is 6.07 Å². The Kier molecular flexibility index (Phi) is 1.87. The summed E-state index contributed by atoms with van der Waals surface area (Å²) in [6.45, 7) is 0. The Balaban J connectivity index is 3.28. The molecule has 0 aromatic carbocycles. The van der Waals surface area contributed by atoms with E-state index in [0.717, 1.165) is 0 Å². The van der Waals surface area contributed by atoms with E-state index in [4.69, 9.17) is 34.7 Å². The molecule has 0 unspecified atom stereocenters. The number of anilines is 2. The summed E-state index contributed by atoms with van der Waals surface area (Å²) in [5.41, 5.74) is 11.4. The number of halogens is 2. The minimum Gasteiger partial charge on any atom is -0.396 e. The number of hydrogen-bond acceptors (Lipinski definition) is 3. The molecule has 1 rings (SSSR count). The van der Waals surface area contributed by atoms with Crippen molar-refractivity contribution in [3.05, 3.63) is 16.4 Å². The molecular formula is C5H5Cl2N3. The molecule has 3 nitrogen and oxygen atoms in total. The molecule has 0 fully saturated rings. The van der Waals surface area contributed by atoms with Crippen LogP contribution in [0.5, 0.6) is 0 Å². The molecular weight excluding hydrogens is 173 g/mol. The molecule has 54 valence electrons. The number of rotatable bonds is 0. The summed E-state index contributed by atoms with van der Waals surface area (Å²) in [4.78, 5) is 3.65. The van der Waals surface area contributed by atoms with Crippen molar-refractivity contribution in [3.8, 4) is 0 Å². The number of nitrogen functional groups attached to an aromatic ring is 2. The van der Waals surface area contributed by atoms with Crippen LogP contribution in [0.25, 0.3) is 0 Å². The van der Waals surface area contributed by atoms with E-state index in [0.29, 0.717) is 11.4 Å². The summed E-state index contributed by atoms with van der Waals surface area (Å²) in [6.07, 6.45) is 0. The Bertz CT molecular complexity index is 211. The van der Waals surface area contributed by atoms with Crippen molar-refractivity contribution >= 4 is 34.6 Å². The standard InChI is InChI=1S/C5H5Cl2N3/c6-4-2(8)1-3(9)5(7)10-4/h1H,8-9H2. The first-order chi connectivity index (χ1) is 4.61. The van der Waals surface area contributed by atoms with Gasteiger partial charge in [0.25, 0.3) is 0 Å². The van der Waals surface area contributed by atoms with Crippen molar-refractivity contribution < 1.29 is 0 Å². The zero-order chi connectivity index (χ0) is 7.72. The second-order valence-corrected chi connectivity index (χ2v) is 2.46. The first kappa shape index (κ1) is 7.44. The largest absolute Gasteiger partial charge is 0.396 e. The summed E-state index contributed by atoms with van der Waals surface area (Å²) < 4.78 is 0. The summed E-state index contributed by atoms with van der Waals surface area (Å²) >= 11 is 11.0. The zero-order valence-electron chi connectivity index (χ0n) is 4.94. The monoisotopic (exact) mass is 177 g/mol. The van der Waals surface area contributed by atoms with Gasteiger partial charge in [0, 0.05) is 0 Å². The van der Waals surface area contributed by atoms with Crippen LogP contribution in [0, 0.1) is 0 Å². The summed E-state index contributed by atoms with van der Waals surface area (Å²) in [5, 5.41) is 0.360. The maximum Gasteiger partial charge on any atom is 0.153 e. The lowest BCUT2D eigenvalue weighted by Gasteiger charge is -1.99. The molecule has 0 aliphatic carbocycles. The molecule has 0 spiro atoms. The maximum atomic E-state index is 5.51. The van der Waals surface area contributed by atoms with Gasteiger partial charge in [0.05, 0.1) is 11.4 Å². The highest BCUT2D eigenvalue weighted by Crippen LogP contribution is 2.24. The number of nitrogens with two attached hydrogens (primary N) is 2. The lowest BCUT2D eigenvalue weighted by Crippen LogP contribution is -1.94. The number of hydrogen-bond donors (Lipinski definition) is 2. The van der Waals surface area contributed by atoms with Crippen LogP contribution in [0.1, 0.15) is 0 Å². The van der Waals surface area contributed by atoms with Gasteiger partial charge in [0.2, 0.25) is 0 Å². The van der Waals surface area contributed by atoms with Crippen LogP contribution in [0.4, 0.5) is 11.4 Å². The van der Waals surface area contributed by atoms with Gasteiger partial charge < -0.3 is 11.5 Å². The van der Waals surface area contributed by atoms with E-state index < -0.39 is 0 Å². The SMILES string of the molecule is Nc1cc(N)c(Cl)nc1Cl. The van der Waals surface area contributed by atoms with Gasteiger partial charge in [-0.25, -0.2) is 4.98 Å². The molecule has 10 heavy (non-hydrogen) atoms. The fraction of sp³-hybridized carbons (Fsp3) is 0. The molecule has 0 bridgehead atoms. The lowest BCUT2D eigenvalue weighted by atomic mass is 10.4. The van der Waals surface area contributed by atoms with Gasteiger partial charge >= 0.3 is 0 Å². The first-order valence-electron chi connectivity index (χ1n) is 2.48. The van der Waals surface area contributed by atoms with Gasteiger partial charge in [0.15, 0.2) is 10.3 Å². The van der Waals surface area contributed by atoms with Crippen molar-refractivity contribution in [1.29, 1.82) is 0 Å². The van der Waals surface area contributed by atoms with Crippen molar-refractivity contribution in [3.63, 3.8) is 0 Å². The average Bonchev–Trinajstić information content (AvgIpc) is 1.84. The molecule has 1 aromatic heterocycles. The number of nitrogens with zero attached hydrogens (tertiary/aromatic N) is 1. The molecule has 0 radical (unpaired) electrons. The predicted octanol–water partition coefficient (Wildman–Crippen LogP) is 1.55. The molecule has 1 heterocycles. The van der Waals surface area contributed by atoms with Gasteiger partial charge in [0.1, 0.15) is 0 Å². The van der Waals surface area contributed by atoms with Crippen LogP contribution < -0.4 is 11.5 Å². The Labute approximate surface area is 67.9 Å². The summed E-state index contributed by atoms with van der Waals surface area (Å²) in [7, 11) is 0. The second-order valence-electron chi connectivity index (χ2n) is 1.75. The quantitative estimate of drug-likeness (QED) is 0.592. The van der Waals surface area contributed by atoms with E-state index in [1.54, 1.807) is 0 Å². The van der Waals surface area contributed by atoms with Gasteiger partial charge in [-0.3, -0.25) is 0 Å². The third kappa shape index (κ3) is 1.25. The van der Waals surface area contributed by atoms with E-state index in [1.165, 1.54) is 6.07 Å². The maximum absolute atomic E-state index is 5.51. The molecule has 1 aromatic rings. The normalized spacial score (nSPS) is 9.80. The van der Waals surface area contributed by atoms with Crippen LogP contribution in [0.3, 0.4) is 0 Å². The van der Waals surface area contributed by atoms with E-state index >= 15 is 0 Å². The van der Waals surface area contributed by atoms with Crippen molar-refractivity contribution in [1.82, 2.24) is 4.98 Å².